The van der Waals surface area contributed by atoms with E-state index >= 15 is 0 Å². The van der Waals surface area contributed by atoms with E-state index in [-0.39, 0.29) is 23.8 Å². The van der Waals surface area contributed by atoms with Crippen LogP contribution in [0.5, 0.6) is 0 Å². The highest BCUT2D eigenvalue weighted by atomic mass is 16.3. The van der Waals surface area contributed by atoms with Crippen LogP contribution < -0.4 is 5.32 Å². The van der Waals surface area contributed by atoms with Crippen molar-refractivity contribution in [1.29, 1.82) is 0 Å². The molecule has 1 saturated heterocycles. The molecule has 5 nitrogen and oxygen atoms in total. The zero-order chi connectivity index (χ0) is 17.0. The van der Waals surface area contributed by atoms with Gasteiger partial charge in [-0.05, 0) is 37.8 Å². The highest BCUT2D eigenvalue weighted by molar-refractivity contribution is 5.97. The summed E-state index contributed by atoms with van der Waals surface area (Å²) in [5, 5.41) is 12.4. The lowest BCUT2D eigenvalue weighted by molar-refractivity contribution is -0.136. The number of aliphatic hydroxyl groups is 1. The largest absolute Gasteiger partial charge is 0.393 e. The van der Waals surface area contributed by atoms with Gasteiger partial charge in [-0.2, -0.15) is 0 Å². The number of hydrogen-bond acceptors (Lipinski definition) is 3. The first-order chi connectivity index (χ1) is 10.9. The van der Waals surface area contributed by atoms with Crippen LogP contribution in [0.15, 0.2) is 24.3 Å². The van der Waals surface area contributed by atoms with Crippen LogP contribution in [-0.4, -0.2) is 47.1 Å². The van der Waals surface area contributed by atoms with Crippen molar-refractivity contribution >= 4 is 11.8 Å². The number of aliphatic hydroxyl groups excluding tert-OH is 1. The highest BCUT2D eigenvalue weighted by Crippen LogP contribution is 2.15. The van der Waals surface area contributed by atoms with E-state index in [0.717, 1.165) is 5.56 Å². The summed E-state index contributed by atoms with van der Waals surface area (Å²) in [4.78, 5) is 26.8. The van der Waals surface area contributed by atoms with Crippen LogP contribution >= 0.6 is 0 Å². The second-order valence-corrected chi connectivity index (χ2v) is 6.62. The predicted octanol–water partition coefficient (Wildman–Crippen LogP) is 1.73. The smallest absolute Gasteiger partial charge is 0.251 e. The number of nitrogens with one attached hydrogen (secondary N) is 1. The zero-order valence-electron chi connectivity index (χ0n) is 14.1. The number of carbonyl (C=O) groups excluding carboxylic acids is 2. The summed E-state index contributed by atoms with van der Waals surface area (Å²) in [6.07, 6.45) is 0.879. The molecule has 0 aliphatic carbocycles. The minimum atomic E-state index is -0.543. The summed E-state index contributed by atoms with van der Waals surface area (Å²) in [5.74, 6) is -0.287. The molecule has 23 heavy (non-hydrogen) atoms. The van der Waals surface area contributed by atoms with E-state index in [2.05, 4.69) is 5.32 Å². The van der Waals surface area contributed by atoms with Gasteiger partial charge in [-0.25, -0.2) is 0 Å². The van der Waals surface area contributed by atoms with Gasteiger partial charge in [0.15, 0.2) is 0 Å². The van der Waals surface area contributed by atoms with Crippen LogP contribution in [0.25, 0.3) is 0 Å². The van der Waals surface area contributed by atoms with Gasteiger partial charge in [-0.3, -0.25) is 9.59 Å². The van der Waals surface area contributed by atoms with Crippen molar-refractivity contribution in [1.82, 2.24) is 10.2 Å². The molecular formula is C18H26N2O3. The van der Waals surface area contributed by atoms with Gasteiger partial charge in [0.25, 0.3) is 5.91 Å². The molecule has 1 unspecified atom stereocenters. The molecule has 0 radical (unpaired) electrons. The molecular weight excluding hydrogens is 292 g/mol. The van der Waals surface area contributed by atoms with E-state index < -0.39 is 6.04 Å². The lowest BCUT2D eigenvalue weighted by Crippen LogP contribution is -2.53. The lowest BCUT2D eigenvalue weighted by Gasteiger charge is -2.34. The maximum absolute atomic E-state index is 12.7. The number of piperidine rings is 1. The number of aryl methyl sites for hydroxylation is 1. The molecule has 1 atom stereocenters. The molecule has 1 aliphatic rings. The first kappa shape index (κ1) is 17.5. The first-order valence-corrected chi connectivity index (χ1v) is 8.23. The lowest BCUT2D eigenvalue weighted by atomic mass is 10.00. The second kappa shape index (κ2) is 7.59. The third-order valence-corrected chi connectivity index (χ3v) is 4.31. The van der Waals surface area contributed by atoms with E-state index in [9.17, 15) is 14.7 Å². The van der Waals surface area contributed by atoms with Crippen LogP contribution in [0.1, 0.15) is 42.6 Å². The fourth-order valence-corrected chi connectivity index (χ4v) is 2.73. The minimum absolute atomic E-state index is 0.00347. The number of hydrogen-bond donors (Lipinski definition) is 2. The fraction of sp³-hybridized carbons (Fsp3) is 0.556. The third kappa shape index (κ3) is 4.55. The molecule has 2 amide bonds. The number of benzene rings is 1. The maximum Gasteiger partial charge on any atom is 0.251 e. The Morgan fingerprint density at radius 3 is 2.26 bits per heavy atom. The first-order valence-electron chi connectivity index (χ1n) is 8.23. The molecule has 0 bridgehead atoms. The monoisotopic (exact) mass is 318 g/mol. The molecule has 1 aliphatic heterocycles. The predicted molar refractivity (Wildman–Crippen MR) is 89.1 cm³/mol. The summed E-state index contributed by atoms with van der Waals surface area (Å²) < 4.78 is 0. The van der Waals surface area contributed by atoms with E-state index in [0.29, 0.717) is 31.5 Å². The van der Waals surface area contributed by atoms with Gasteiger partial charge in [0, 0.05) is 18.7 Å². The Morgan fingerprint density at radius 2 is 1.74 bits per heavy atom. The molecule has 0 aromatic heterocycles. The third-order valence-electron chi connectivity index (χ3n) is 4.31. The molecule has 1 aromatic carbocycles. The molecule has 0 spiro atoms. The molecule has 0 saturated carbocycles. The van der Waals surface area contributed by atoms with Crippen LogP contribution in [0.2, 0.25) is 0 Å². The molecule has 1 heterocycles. The van der Waals surface area contributed by atoms with Crippen LogP contribution in [0.3, 0.4) is 0 Å². The van der Waals surface area contributed by atoms with E-state index in [1.165, 1.54) is 0 Å². The van der Waals surface area contributed by atoms with Gasteiger partial charge in [0.2, 0.25) is 5.91 Å². The number of nitrogens with zero attached hydrogens (tertiary/aromatic N) is 1. The summed E-state index contributed by atoms with van der Waals surface area (Å²) in [5.41, 5.74) is 1.65. The summed E-state index contributed by atoms with van der Waals surface area (Å²) in [6.45, 7) is 6.91. The van der Waals surface area contributed by atoms with Crippen LogP contribution in [0, 0.1) is 12.8 Å². The van der Waals surface area contributed by atoms with Crippen molar-refractivity contribution in [3.63, 3.8) is 0 Å². The van der Waals surface area contributed by atoms with Gasteiger partial charge < -0.3 is 15.3 Å². The Bertz CT molecular complexity index is 546. The Labute approximate surface area is 137 Å². The quantitative estimate of drug-likeness (QED) is 0.888. The van der Waals surface area contributed by atoms with E-state index in [1.54, 1.807) is 17.0 Å². The van der Waals surface area contributed by atoms with Gasteiger partial charge in [0.05, 0.1) is 6.10 Å². The van der Waals surface area contributed by atoms with Crippen molar-refractivity contribution in [3.05, 3.63) is 35.4 Å². The Balaban J connectivity index is 2.04. The van der Waals surface area contributed by atoms with Gasteiger partial charge in [-0.15, -0.1) is 0 Å². The van der Waals surface area contributed by atoms with Gasteiger partial charge >= 0.3 is 0 Å². The normalized spacial score (nSPS) is 17.2. The van der Waals surface area contributed by atoms with E-state index in [4.69, 9.17) is 0 Å². The molecule has 5 heteroatoms. The van der Waals surface area contributed by atoms with E-state index in [1.807, 2.05) is 32.9 Å². The Morgan fingerprint density at radius 1 is 1.17 bits per heavy atom. The molecule has 126 valence electrons. The van der Waals surface area contributed by atoms with Gasteiger partial charge in [-0.1, -0.05) is 31.5 Å². The molecule has 2 rings (SSSR count). The standard InChI is InChI=1S/C18H26N2O3/c1-12(2)16(18(23)20-10-8-15(21)9-11-20)19-17(22)14-6-4-13(3)5-7-14/h4-7,12,15-16,21H,8-11H2,1-3H3,(H,19,22). The summed E-state index contributed by atoms with van der Waals surface area (Å²) in [7, 11) is 0. The van der Waals surface area contributed by atoms with Crippen molar-refractivity contribution in [2.45, 2.75) is 45.8 Å². The molecule has 1 aromatic rings. The van der Waals surface area contributed by atoms with Crippen molar-refractivity contribution in [2.24, 2.45) is 5.92 Å². The summed E-state index contributed by atoms with van der Waals surface area (Å²) >= 11 is 0. The maximum atomic E-state index is 12.7. The van der Waals surface area contributed by atoms with Crippen molar-refractivity contribution in [2.75, 3.05) is 13.1 Å². The van der Waals surface area contributed by atoms with Gasteiger partial charge in [0.1, 0.15) is 6.04 Å². The molecule has 2 N–H and O–H groups in total. The highest BCUT2D eigenvalue weighted by Gasteiger charge is 2.30. The Hall–Kier alpha value is -1.88. The Kier molecular flexibility index (Phi) is 5.77. The average Bonchev–Trinajstić information content (AvgIpc) is 2.53. The SMILES string of the molecule is Cc1ccc(C(=O)NC(C(=O)N2CCC(O)CC2)C(C)C)cc1. The molecule has 1 fully saturated rings. The second-order valence-electron chi connectivity index (χ2n) is 6.62. The topological polar surface area (TPSA) is 69.6 Å². The number of likely N-dealkylation sites (tertiary alicyclic amines) is 1. The zero-order valence-corrected chi connectivity index (χ0v) is 14.1. The fourth-order valence-electron chi connectivity index (χ4n) is 2.73. The van der Waals surface area contributed by atoms with Crippen molar-refractivity contribution in [3.8, 4) is 0 Å². The minimum Gasteiger partial charge on any atom is -0.393 e. The summed E-state index contributed by atoms with van der Waals surface area (Å²) in [6, 6.07) is 6.76. The van der Waals surface area contributed by atoms with Crippen LogP contribution in [-0.2, 0) is 4.79 Å². The number of carbonyl (C=O) groups is 2. The average molecular weight is 318 g/mol. The van der Waals surface area contributed by atoms with Crippen LogP contribution in [0.4, 0.5) is 0 Å². The van der Waals surface area contributed by atoms with Crippen molar-refractivity contribution < 1.29 is 14.7 Å². The number of rotatable bonds is 4. The number of amides is 2.